The molecule has 0 aliphatic heterocycles. The van der Waals surface area contributed by atoms with Crippen molar-refractivity contribution in [2.45, 2.75) is 19.8 Å². The van der Waals surface area contributed by atoms with Gasteiger partial charge in [0.2, 0.25) is 10.0 Å². The molecule has 2 atom stereocenters. The average molecular weight is 206 g/mol. The van der Waals surface area contributed by atoms with Gasteiger partial charge in [0.1, 0.15) is 0 Å². The van der Waals surface area contributed by atoms with Crippen LogP contribution in [0.25, 0.3) is 0 Å². The van der Waals surface area contributed by atoms with E-state index in [-0.39, 0.29) is 5.75 Å². The Bertz CT molecular complexity index is 251. The van der Waals surface area contributed by atoms with E-state index in [1.165, 1.54) is 0 Å². The van der Waals surface area contributed by atoms with Crippen LogP contribution in [0.5, 0.6) is 0 Å². The third-order valence-electron chi connectivity index (χ3n) is 2.46. The zero-order chi connectivity index (χ0) is 9.90. The van der Waals surface area contributed by atoms with Crippen LogP contribution in [-0.4, -0.2) is 27.3 Å². The van der Waals surface area contributed by atoms with Crippen molar-refractivity contribution in [3.8, 4) is 0 Å². The van der Waals surface area contributed by atoms with Crippen molar-refractivity contribution < 1.29 is 8.42 Å². The van der Waals surface area contributed by atoms with E-state index in [4.69, 9.17) is 5.73 Å². The van der Waals surface area contributed by atoms with Crippen LogP contribution in [0.15, 0.2) is 0 Å². The zero-order valence-corrected chi connectivity index (χ0v) is 8.81. The largest absolute Gasteiger partial charge is 0.330 e. The molecule has 1 saturated carbocycles. The van der Waals surface area contributed by atoms with Gasteiger partial charge in [-0.05, 0) is 31.2 Å². The molecule has 1 aliphatic rings. The van der Waals surface area contributed by atoms with Gasteiger partial charge in [0.15, 0.2) is 0 Å². The summed E-state index contributed by atoms with van der Waals surface area (Å²) in [6.07, 6.45) is 1.69. The Morgan fingerprint density at radius 1 is 1.54 bits per heavy atom. The molecule has 0 aromatic rings. The molecule has 4 nitrogen and oxygen atoms in total. The summed E-state index contributed by atoms with van der Waals surface area (Å²) >= 11 is 0. The third kappa shape index (κ3) is 4.06. The van der Waals surface area contributed by atoms with Gasteiger partial charge in [0.25, 0.3) is 0 Å². The fourth-order valence-corrected chi connectivity index (χ4v) is 2.42. The molecular weight excluding hydrogens is 188 g/mol. The fraction of sp³-hybridized carbons (Fsp3) is 1.00. The molecular formula is C8H18N2O2S. The number of rotatable bonds is 6. The lowest BCUT2D eigenvalue weighted by Crippen LogP contribution is -2.29. The molecule has 0 bridgehead atoms. The van der Waals surface area contributed by atoms with Crippen molar-refractivity contribution in [2.24, 2.45) is 17.6 Å². The van der Waals surface area contributed by atoms with E-state index in [2.05, 4.69) is 11.6 Å². The quantitative estimate of drug-likeness (QED) is 0.638. The first kappa shape index (κ1) is 10.9. The van der Waals surface area contributed by atoms with Gasteiger partial charge in [-0.2, -0.15) is 0 Å². The predicted octanol–water partition coefficient (Wildman–Crippen LogP) is -0.0894. The third-order valence-corrected chi connectivity index (χ3v) is 3.89. The second kappa shape index (κ2) is 4.39. The second-order valence-electron chi connectivity index (χ2n) is 3.78. The molecule has 0 radical (unpaired) electrons. The van der Waals surface area contributed by atoms with E-state index in [0.29, 0.717) is 31.3 Å². The lowest BCUT2D eigenvalue weighted by molar-refractivity contribution is 0.572. The van der Waals surface area contributed by atoms with Crippen molar-refractivity contribution in [3.63, 3.8) is 0 Å². The van der Waals surface area contributed by atoms with Crippen molar-refractivity contribution in [1.82, 2.24) is 4.72 Å². The summed E-state index contributed by atoms with van der Waals surface area (Å²) in [5, 5.41) is 0. The smallest absolute Gasteiger partial charge is 0.211 e. The summed E-state index contributed by atoms with van der Waals surface area (Å²) < 4.78 is 25.1. The molecule has 78 valence electrons. The minimum Gasteiger partial charge on any atom is -0.330 e. The lowest BCUT2D eigenvalue weighted by Gasteiger charge is -2.04. The summed E-state index contributed by atoms with van der Waals surface area (Å²) in [7, 11) is -3.05. The predicted molar refractivity (Wildman–Crippen MR) is 52.7 cm³/mol. The van der Waals surface area contributed by atoms with Crippen molar-refractivity contribution in [3.05, 3.63) is 0 Å². The van der Waals surface area contributed by atoms with Gasteiger partial charge in [-0.3, -0.25) is 0 Å². The zero-order valence-electron chi connectivity index (χ0n) is 7.99. The first-order chi connectivity index (χ1) is 6.05. The van der Waals surface area contributed by atoms with Gasteiger partial charge in [0, 0.05) is 6.54 Å². The Balaban J connectivity index is 2.18. The van der Waals surface area contributed by atoms with Crippen LogP contribution in [0.4, 0.5) is 0 Å². The molecule has 5 heteroatoms. The first-order valence-electron chi connectivity index (χ1n) is 4.72. The monoisotopic (exact) mass is 206 g/mol. The Hall–Kier alpha value is -0.130. The van der Waals surface area contributed by atoms with Gasteiger partial charge in [0.05, 0.1) is 5.75 Å². The van der Waals surface area contributed by atoms with Crippen molar-refractivity contribution >= 4 is 10.0 Å². The minimum absolute atomic E-state index is 0.157. The normalized spacial score (nSPS) is 27.5. The van der Waals surface area contributed by atoms with Crippen LogP contribution in [0.1, 0.15) is 19.8 Å². The SMILES string of the molecule is CC1CC1CNS(=O)(=O)CCCN. The topological polar surface area (TPSA) is 72.2 Å². The molecule has 0 aromatic heterocycles. The summed E-state index contributed by atoms with van der Waals surface area (Å²) in [5.74, 6) is 1.41. The molecule has 13 heavy (non-hydrogen) atoms. The molecule has 0 heterocycles. The molecule has 2 unspecified atom stereocenters. The van der Waals surface area contributed by atoms with E-state index < -0.39 is 10.0 Å². The molecule has 1 aliphatic carbocycles. The molecule has 0 aromatic carbocycles. The number of sulfonamides is 1. The van der Waals surface area contributed by atoms with Gasteiger partial charge in [-0.15, -0.1) is 0 Å². The molecule has 0 amide bonds. The highest BCUT2D eigenvalue weighted by molar-refractivity contribution is 7.89. The van der Waals surface area contributed by atoms with Crippen LogP contribution < -0.4 is 10.5 Å². The van der Waals surface area contributed by atoms with E-state index in [9.17, 15) is 8.42 Å². The molecule has 3 N–H and O–H groups in total. The summed E-state index contributed by atoms with van der Waals surface area (Å²) in [6.45, 7) is 3.17. The summed E-state index contributed by atoms with van der Waals surface area (Å²) in [5.41, 5.74) is 5.23. The van der Waals surface area contributed by atoms with Gasteiger partial charge < -0.3 is 5.73 Å². The van der Waals surface area contributed by atoms with Crippen LogP contribution in [-0.2, 0) is 10.0 Å². The van der Waals surface area contributed by atoms with Gasteiger partial charge in [-0.25, -0.2) is 13.1 Å². The Labute approximate surface area is 79.9 Å². The Morgan fingerprint density at radius 2 is 2.15 bits per heavy atom. The summed E-state index contributed by atoms with van der Waals surface area (Å²) in [6, 6.07) is 0. The van der Waals surface area contributed by atoms with E-state index in [0.717, 1.165) is 6.42 Å². The lowest BCUT2D eigenvalue weighted by atomic mass is 10.3. The highest BCUT2D eigenvalue weighted by atomic mass is 32.2. The highest BCUT2D eigenvalue weighted by Crippen LogP contribution is 2.36. The fourth-order valence-electron chi connectivity index (χ4n) is 1.26. The second-order valence-corrected chi connectivity index (χ2v) is 5.71. The highest BCUT2D eigenvalue weighted by Gasteiger charge is 2.32. The van der Waals surface area contributed by atoms with E-state index >= 15 is 0 Å². The molecule has 0 saturated heterocycles. The number of nitrogens with two attached hydrogens (primary N) is 1. The van der Waals surface area contributed by atoms with Crippen LogP contribution in [0.2, 0.25) is 0 Å². The van der Waals surface area contributed by atoms with Gasteiger partial charge in [-0.1, -0.05) is 6.92 Å². The van der Waals surface area contributed by atoms with Crippen LogP contribution in [0.3, 0.4) is 0 Å². The Kier molecular flexibility index (Phi) is 3.70. The standard InChI is InChI=1S/C8H18N2O2S/c1-7-5-8(7)6-10-13(11,12)4-2-3-9/h7-8,10H,2-6,9H2,1H3. The Morgan fingerprint density at radius 3 is 2.62 bits per heavy atom. The van der Waals surface area contributed by atoms with Crippen LogP contribution in [0, 0.1) is 11.8 Å². The average Bonchev–Trinajstić information content (AvgIpc) is 2.76. The number of hydrogen-bond acceptors (Lipinski definition) is 3. The van der Waals surface area contributed by atoms with Crippen molar-refractivity contribution in [2.75, 3.05) is 18.8 Å². The number of hydrogen-bond donors (Lipinski definition) is 2. The maximum atomic E-state index is 11.3. The maximum Gasteiger partial charge on any atom is 0.211 e. The maximum absolute atomic E-state index is 11.3. The van der Waals surface area contributed by atoms with Crippen molar-refractivity contribution in [1.29, 1.82) is 0 Å². The van der Waals surface area contributed by atoms with Crippen LogP contribution >= 0.6 is 0 Å². The van der Waals surface area contributed by atoms with Gasteiger partial charge >= 0.3 is 0 Å². The number of nitrogens with one attached hydrogen (secondary N) is 1. The van der Waals surface area contributed by atoms with E-state index in [1.807, 2.05) is 0 Å². The summed E-state index contributed by atoms with van der Waals surface area (Å²) in [4.78, 5) is 0. The molecule has 1 rings (SSSR count). The molecule has 0 spiro atoms. The van der Waals surface area contributed by atoms with E-state index in [1.54, 1.807) is 0 Å². The first-order valence-corrected chi connectivity index (χ1v) is 6.38. The minimum atomic E-state index is -3.05. The molecule has 1 fully saturated rings.